The number of nitrogens with zero attached hydrogens (tertiary/aromatic N) is 3. The van der Waals surface area contributed by atoms with E-state index in [1.807, 2.05) is 20.8 Å². The Kier molecular flexibility index (Phi) is 9.58. The molecule has 1 aliphatic rings. The SMILES string of the molecule is CCCN=C(C)/C(C(=O)OCC(C)C)=C1/SN(c2ccc(F)cc2)C(=S)N1c1ccc(Cl)c(Cl)c1. The molecule has 0 bridgehead atoms. The van der Waals surface area contributed by atoms with Crippen molar-refractivity contribution in [2.24, 2.45) is 10.9 Å². The molecule has 3 rings (SSSR count). The largest absolute Gasteiger partial charge is 0.462 e. The number of esters is 1. The number of thiocarbonyl (C=S) groups is 1. The predicted molar refractivity (Wildman–Crippen MR) is 149 cm³/mol. The van der Waals surface area contributed by atoms with Gasteiger partial charge in [0.15, 0.2) is 5.11 Å². The fourth-order valence-electron chi connectivity index (χ4n) is 3.16. The highest BCUT2D eigenvalue weighted by atomic mass is 35.5. The molecule has 1 fully saturated rings. The molecule has 0 aliphatic carbocycles. The van der Waals surface area contributed by atoms with Crippen LogP contribution in [0.4, 0.5) is 15.8 Å². The van der Waals surface area contributed by atoms with Crippen molar-refractivity contribution in [2.75, 3.05) is 22.4 Å². The maximum Gasteiger partial charge on any atom is 0.342 e. The molecule has 0 N–H and O–H groups in total. The molecule has 186 valence electrons. The molecule has 0 saturated carbocycles. The zero-order chi connectivity index (χ0) is 25.7. The summed E-state index contributed by atoms with van der Waals surface area (Å²) < 4.78 is 21.0. The van der Waals surface area contributed by atoms with Gasteiger partial charge in [0, 0.05) is 24.2 Å². The van der Waals surface area contributed by atoms with E-state index in [0.29, 0.717) is 49.4 Å². The summed E-state index contributed by atoms with van der Waals surface area (Å²) in [6, 6.07) is 11.1. The minimum absolute atomic E-state index is 0.164. The Morgan fingerprint density at radius 1 is 1.14 bits per heavy atom. The van der Waals surface area contributed by atoms with Crippen LogP contribution in [0.5, 0.6) is 0 Å². The second-order valence-corrected chi connectivity index (χ2v) is 10.3. The zero-order valence-electron chi connectivity index (χ0n) is 19.8. The van der Waals surface area contributed by atoms with Crippen LogP contribution in [0.15, 0.2) is 58.1 Å². The van der Waals surface area contributed by atoms with Gasteiger partial charge in [-0.3, -0.25) is 14.2 Å². The van der Waals surface area contributed by atoms with Crippen LogP contribution >= 0.6 is 47.4 Å². The molecule has 1 saturated heterocycles. The molecule has 5 nitrogen and oxygen atoms in total. The molecule has 1 aliphatic heterocycles. The molecule has 0 amide bonds. The number of halogens is 3. The minimum atomic E-state index is -0.493. The number of hydrogen-bond donors (Lipinski definition) is 0. The molecule has 0 unspecified atom stereocenters. The molecule has 35 heavy (non-hydrogen) atoms. The average Bonchev–Trinajstić information content (AvgIpc) is 3.15. The van der Waals surface area contributed by atoms with Gasteiger partial charge in [-0.15, -0.1) is 0 Å². The fraction of sp³-hybridized carbons (Fsp3) is 0.320. The number of carbonyl (C=O) groups is 1. The summed E-state index contributed by atoms with van der Waals surface area (Å²) >= 11 is 19.5. The van der Waals surface area contributed by atoms with E-state index < -0.39 is 5.97 Å². The maximum absolute atomic E-state index is 13.6. The van der Waals surface area contributed by atoms with Crippen molar-refractivity contribution in [3.8, 4) is 0 Å². The molecular weight excluding hydrogens is 528 g/mol. The second kappa shape index (κ2) is 12.2. The van der Waals surface area contributed by atoms with Crippen molar-refractivity contribution in [1.29, 1.82) is 0 Å². The van der Waals surface area contributed by atoms with Gasteiger partial charge in [-0.25, -0.2) is 9.18 Å². The van der Waals surface area contributed by atoms with Gasteiger partial charge in [-0.05, 0) is 73.9 Å². The average molecular weight is 555 g/mol. The van der Waals surface area contributed by atoms with Crippen molar-refractivity contribution in [2.45, 2.75) is 34.1 Å². The van der Waals surface area contributed by atoms with E-state index in [-0.39, 0.29) is 18.3 Å². The Morgan fingerprint density at radius 3 is 2.40 bits per heavy atom. The van der Waals surface area contributed by atoms with Crippen LogP contribution in [-0.2, 0) is 9.53 Å². The smallest absolute Gasteiger partial charge is 0.342 e. The van der Waals surface area contributed by atoms with Gasteiger partial charge in [0.2, 0.25) is 0 Å². The summed E-state index contributed by atoms with van der Waals surface area (Å²) in [5.41, 5.74) is 2.12. The van der Waals surface area contributed by atoms with E-state index in [2.05, 4.69) is 4.99 Å². The number of ether oxygens (including phenoxy) is 1. The van der Waals surface area contributed by atoms with Crippen molar-refractivity contribution >= 4 is 75.5 Å². The quantitative estimate of drug-likeness (QED) is 0.110. The normalized spacial score (nSPS) is 15.8. The first-order valence-corrected chi connectivity index (χ1v) is 13.0. The summed E-state index contributed by atoms with van der Waals surface area (Å²) in [6.07, 6.45) is 0.824. The van der Waals surface area contributed by atoms with E-state index in [1.54, 1.807) is 46.5 Å². The molecule has 2 aromatic rings. The Hall–Kier alpha value is -2.13. The summed E-state index contributed by atoms with van der Waals surface area (Å²) in [7, 11) is 0. The van der Waals surface area contributed by atoms with Gasteiger partial charge in [0.1, 0.15) is 16.4 Å². The van der Waals surface area contributed by atoms with Gasteiger partial charge < -0.3 is 4.74 Å². The lowest BCUT2D eigenvalue weighted by Crippen LogP contribution is -2.31. The van der Waals surface area contributed by atoms with Crippen LogP contribution < -0.4 is 9.21 Å². The standard InChI is InChI=1S/C25H26Cl2FN3O2S2/c1-5-12-29-16(4)22(24(32)33-14-15(2)3)23-30(19-10-11-20(26)21(27)13-19)25(34)31(35-23)18-8-6-17(28)7-9-18/h6-11,13,15H,5,12,14H2,1-4H3/b23-22-,29-16?. The number of benzene rings is 2. The summed E-state index contributed by atoms with van der Waals surface area (Å²) in [5, 5.41) is 1.62. The van der Waals surface area contributed by atoms with Gasteiger partial charge in [0.25, 0.3) is 0 Å². The molecule has 1 heterocycles. The predicted octanol–water partition coefficient (Wildman–Crippen LogP) is 7.67. The highest BCUT2D eigenvalue weighted by Gasteiger charge is 2.38. The van der Waals surface area contributed by atoms with E-state index in [4.69, 9.17) is 40.2 Å². The lowest BCUT2D eigenvalue weighted by atomic mass is 10.1. The number of rotatable bonds is 8. The molecule has 10 heteroatoms. The van der Waals surface area contributed by atoms with E-state index >= 15 is 0 Å². The topological polar surface area (TPSA) is 45.1 Å². The molecular formula is C25H26Cl2FN3O2S2. The van der Waals surface area contributed by atoms with Crippen LogP contribution in [0, 0.1) is 11.7 Å². The molecule has 0 aromatic heterocycles. The zero-order valence-corrected chi connectivity index (χ0v) is 23.0. The lowest BCUT2D eigenvalue weighted by Gasteiger charge is -2.22. The minimum Gasteiger partial charge on any atom is -0.462 e. The number of hydrogen-bond acceptors (Lipinski definition) is 5. The third-order valence-corrected chi connectivity index (χ3v) is 7.21. The van der Waals surface area contributed by atoms with Gasteiger partial charge in [0.05, 0.1) is 28.0 Å². The number of carbonyl (C=O) groups excluding carboxylic acids is 1. The van der Waals surface area contributed by atoms with Crippen LogP contribution in [-0.4, -0.2) is 29.9 Å². The summed E-state index contributed by atoms with van der Waals surface area (Å²) in [5.74, 6) is -0.689. The van der Waals surface area contributed by atoms with Gasteiger partial charge >= 0.3 is 5.97 Å². The monoisotopic (exact) mass is 553 g/mol. The lowest BCUT2D eigenvalue weighted by molar-refractivity contribution is -0.139. The highest BCUT2D eigenvalue weighted by molar-refractivity contribution is 8.07. The first-order chi connectivity index (χ1) is 16.6. The first-order valence-electron chi connectivity index (χ1n) is 11.1. The molecule has 0 radical (unpaired) electrons. The number of anilines is 2. The molecule has 0 atom stereocenters. The van der Waals surface area contributed by atoms with Crippen molar-refractivity contribution in [3.63, 3.8) is 0 Å². The van der Waals surface area contributed by atoms with Crippen LogP contribution in [0.25, 0.3) is 0 Å². The van der Waals surface area contributed by atoms with Gasteiger partial charge in [-0.2, -0.15) is 0 Å². The third-order valence-electron chi connectivity index (χ3n) is 4.87. The van der Waals surface area contributed by atoms with Crippen molar-refractivity contribution in [1.82, 2.24) is 0 Å². The molecule has 2 aromatic carbocycles. The Labute approximate surface area is 225 Å². The number of aliphatic imine (C=N–C) groups is 1. The maximum atomic E-state index is 13.6. The Bertz CT molecular complexity index is 1170. The Balaban J connectivity index is 2.21. The van der Waals surface area contributed by atoms with Gasteiger partial charge in [-0.1, -0.05) is 44.0 Å². The second-order valence-electron chi connectivity index (χ2n) is 8.22. The molecule has 0 spiro atoms. The summed E-state index contributed by atoms with van der Waals surface area (Å²) in [6.45, 7) is 8.56. The van der Waals surface area contributed by atoms with E-state index in [1.165, 1.54) is 24.1 Å². The van der Waals surface area contributed by atoms with E-state index in [9.17, 15) is 9.18 Å². The third kappa shape index (κ3) is 6.55. The first kappa shape index (κ1) is 27.5. The van der Waals surface area contributed by atoms with Crippen LogP contribution in [0.3, 0.4) is 0 Å². The van der Waals surface area contributed by atoms with Crippen LogP contribution in [0.2, 0.25) is 10.0 Å². The van der Waals surface area contributed by atoms with Crippen LogP contribution in [0.1, 0.15) is 34.1 Å². The fourth-order valence-corrected chi connectivity index (χ4v) is 5.08. The van der Waals surface area contributed by atoms with E-state index in [0.717, 1.165) is 6.42 Å². The summed E-state index contributed by atoms with van der Waals surface area (Å²) in [4.78, 5) is 19.7. The van der Waals surface area contributed by atoms with Crippen molar-refractivity contribution < 1.29 is 13.9 Å². The Morgan fingerprint density at radius 2 is 1.80 bits per heavy atom. The van der Waals surface area contributed by atoms with Crippen molar-refractivity contribution in [3.05, 3.63) is 68.9 Å². The highest BCUT2D eigenvalue weighted by Crippen LogP contribution is 2.44.